The predicted molar refractivity (Wildman–Crippen MR) is 247 cm³/mol. The first kappa shape index (κ1) is 55.4. The van der Waals surface area contributed by atoms with Crippen LogP contribution in [-0.2, 0) is 49.6 Å². The molecular weight excluding hydrogens is 901 g/mol. The molecule has 0 fully saturated rings. The summed E-state index contributed by atoms with van der Waals surface area (Å²) in [6.07, 6.45) is -1.95. The SMILES string of the molecule is CC(C)C[C@H](NC(=O)[C@H](CO)NC(=O)[C@H](CCC(=O)O)NC(=O)CNC(=O)[C@H](C)NC(=O)c1ccc(-c2ccccc2)cc1)C(=O)N[C@@H](CCc1ccc(O)cc1)C(=O)N[C@@H](CCC(=O)O)C(N)=O. The van der Waals surface area contributed by atoms with Crippen LogP contribution in [0.2, 0.25) is 0 Å². The fourth-order valence-electron chi connectivity index (χ4n) is 6.67. The Labute approximate surface area is 397 Å². The highest BCUT2D eigenvalue weighted by Gasteiger charge is 2.33. The van der Waals surface area contributed by atoms with Gasteiger partial charge in [0.05, 0.1) is 13.2 Å². The number of hydrogen-bond donors (Lipinski definition) is 12. The van der Waals surface area contributed by atoms with Gasteiger partial charge in [-0.25, -0.2) is 0 Å². The lowest BCUT2D eigenvalue weighted by Crippen LogP contribution is -2.60. The molecule has 0 aliphatic carbocycles. The van der Waals surface area contributed by atoms with Gasteiger partial charge in [0.15, 0.2) is 0 Å². The Kier molecular flexibility index (Phi) is 22.2. The van der Waals surface area contributed by atoms with Crippen molar-refractivity contribution in [3.8, 4) is 16.9 Å². The van der Waals surface area contributed by atoms with Gasteiger partial charge in [-0.2, -0.15) is 0 Å². The number of phenols is 1. The molecule has 0 saturated heterocycles. The van der Waals surface area contributed by atoms with Crippen LogP contribution < -0.4 is 43.0 Å². The minimum Gasteiger partial charge on any atom is -0.508 e. The van der Waals surface area contributed by atoms with E-state index in [1.165, 1.54) is 19.1 Å². The first-order chi connectivity index (χ1) is 32.7. The lowest BCUT2D eigenvalue weighted by atomic mass is 10.00. The van der Waals surface area contributed by atoms with Gasteiger partial charge in [0, 0.05) is 18.4 Å². The van der Waals surface area contributed by atoms with Crippen LogP contribution >= 0.6 is 0 Å². The number of nitrogens with one attached hydrogen (secondary N) is 7. The number of aliphatic hydroxyl groups excluding tert-OH is 1. The van der Waals surface area contributed by atoms with Crippen molar-refractivity contribution in [3.63, 3.8) is 0 Å². The lowest BCUT2D eigenvalue weighted by Gasteiger charge is -2.27. The molecule has 0 radical (unpaired) electrons. The zero-order valence-corrected chi connectivity index (χ0v) is 38.4. The van der Waals surface area contributed by atoms with Crippen LogP contribution in [0.15, 0.2) is 78.9 Å². The molecule has 372 valence electrons. The second-order valence-electron chi connectivity index (χ2n) is 16.5. The number of carbonyl (C=O) groups is 10. The number of carboxylic acids is 2. The average Bonchev–Trinajstić information content (AvgIpc) is 3.31. The van der Waals surface area contributed by atoms with Crippen LogP contribution in [0.3, 0.4) is 0 Å². The third kappa shape index (κ3) is 19.5. The fraction of sp³-hybridized carbons (Fsp3) is 0.404. The number of aliphatic hydroxyl groups is 1. The maximum absolute atomic E-state index is 13.8. The second kappa shape index (κ2) is 27.7. The average molecular weight is 961 g/mol. The summed E-state index contributed by atoms with van der Waals surface area (Å²) in [5.41, 5.74) is 8.14. The van der Waals surface area contributed by atoms with Gasteiger partial charge in [-0.05, 0) is 85.9 Å². The van der Waals surface area contributed by atoms with Gasteiger partial charge >= 0.3 is 11.9 Å². The Morgan fingerprint density at radius 1 is 0.551 bits per heavy atom. The number of carbonyl (C=O) groups excluding carboxylic acids is 8. The molecule has 0 aliphatic rings. The summed E-state index contributed by atoms with van der Waals surface area (Å²) >= 11 is 0. The van der Waals surface area contributed by atoms with E-state index in [1.807, 2.05) is 30.3 Å². The summed E-state index contributed by atoms with van der Waals surface area (Å²) in [6.45, 7) is 3.07. The monoisotopic (exact) mass is 960 g/mol. The van der Waals surface area contributed by atoms with Crippen molar-refractivity contribution in [2.45, 2.75) is 102 Å². The smallest absolute Gasteiger partial charge is 0.303 e. The molecule has 13 N–H and O–H groups in total. The van der Waals surface area contributed by atoms with Crippen molar-refractivity contribution in [1.29, 1.82) is 0 Å². The van der Waals surface area contributed by atoms with Gasteiger partial charge in [0.25, 0.3) is 5.91 Å². The Bertz CT molecular complexity index is 2280. The third-order valence-corrected chi connectivity index (χ3v) is 10.5. The molecule has 3 aromatic carbocycles. The van der Waals surface area contributed by atoms with Crippen molar-refractivity contribution >= 4 is 59.2 Å². The Morgan fingerprint density at radius 2 is 1.04 bits per heavy atom. The van der Waals surface area contributed by atoms with Crippen LogP contribution in [0.25, 0.3) is 11.1 Å². The van der Waals surface area contributed by atoms with Crippen molar-refractivity contribution in [1.82, 2.24) is 37.2 Å². The molecule has 3 aromatic rings. The minimum absolute atomic E-state index is 0.0212. The van der Waals surface area contributed by atoms with E-state index < -0.39 is 128 Å². The van der Waals surface area contributed by atoms with Crippen molar-refractivity contribution in [2.75, 3.05) is 13.2 Å². The molecule has 0 bridgehead atoms. The summed E-state index contributed by atoms with van der Waals surface area (Å²) in [5.74, 6) is -10.2. The highest BCUT2D eigenvalue weighted by molar-refractivity contribution is 5.99. The summed E-state index contributed by atoms with van der Waals surface area (Å²) in [4.78, 5) is 128. The van der Waals surface area contributed by atoms with Crippen molar-refractivity contribution < 1.29 is 68.4 Å². The third-order valence-electron chi connectivity index (χ3n) is 10.5. The highest BCUT2D eigenvalue weighted by Crippen LogP contribution is 2.19. The number of benzene rings is 3. The quantitative estimate of drug-likeness (QED) is 0.0441. The van der Waals surface area contributed by atoms with Crippen molar-refractivity contribution in [3.05, 3.63) is 90.0 Å². The molecule has 0 unspecified atom stereocenters. The molecule has 0 heterocycles. The van der Waals surface area contributed by atoms with E-state index in [-0.39, 0.29) is 42.9 Å². The maximum Gasteiger partial charge on any atom is 0.303 e. The van der Waals surface area contributed by atoms with Gasteiger partial charge in [-0.1, -0.05) is 68.4 Å². The molecule has 22 heteroatoms. The lowest BCUT2D eigenvalue weighted by molar-refractivity contribution is -0.139. The minimum atomic E-state index is -1.76. The predicted octanol–water partition coefficient (Wildman–Crippen LogP) is -0.396. The standard InChI is InChI=1S/C47H60N8O14/c1-26(2)23-36(46(68)53-35(18-11-28-9-16-32(57)17-10-28)45(67)52-33(41(48)63)19-21-39(59)60)54-47(69)37(25-56)55-44(66)34(20-22-40(61)62)51-38(58)24-49-42(64)27(3)50-43(65)31-14-12-30(13-15-31)29-7-5-4-6-8-29/h4-10,12-17,26-27,33-37,56-57H,11,18-25H2,1-3H3,(H2,48,63)(H,49,64)(H,50,65)(H,51,58)(H,52,67)(H,53,68)(H,54,69)(H,55,66)(H,59,60)(H,61,62)/t27-,33-,34-,35-,36-,37-/m0/s1. The number of aromatic hydroxyl groups is 1. The summed E-state index contributed by atoms with van der Waals surface area (Å²) < 4.78 is 0. The number of aliphatic carboxylic acids is 2. The van der Waals surface area contributed by atoms with Crippen LogP contribution in [0.5, 0.6) is 5.75 Å². The van der Waals surface area contributed by atoms with Crippen LogP contribution in [-0.4, -0.2) is 129 Å². The largest absolute Gasteiger partial charge is 0.508 e. The van der Waals surface area contributed by atoms with Gasteiger partial charge in [-0.3, -0.25) is 47.9 Å². The summed E-state index contributed by atoms with van der Waals surface area (Å²) in [6, 6.07) is 13.4. The molecule has 0 spiro atoms. The first-order valence-electron chi connectivity index (χ1n) is 22.0. The van der Waals surface area contributed by atoms with E-state index in [4.69, 9.17) is 10.8 Å². The van der Waals surface area contributed by atoms with Gasteiger partial charge in [0.2, 0.25) is 41.4 Å². The molecule has 0 aliphatic heterocycles. The zero-order chi connectivity index (χ0) is 51.2. The highest BCUT2D eigenvalue weighted by atomic mass is 16.4. The number of primary amides is 1. The van der Waals surface area contributed by atoms with Crippen LogP contribution in [0, 0.1) is 5.92 Å². The summed E-state index contributed by atoms with van der Waals surface area (Å²) in [5, 5.41) is 55.1. The van der Waals surface area contributed by atoms with Crippen LogP contribution in [0.4, 0.5) is 0 Å². The zero-order valence-electron chi connectivity index (χ0n) is 38.4. The van der Waals surface area contributed by atoms with Gasteiger partial charge in [0.1, 0.15) is 42.0 Å². The number of phenolic OH excluding ortho intramolecular Hbond substituents is 1. The number of carboxylic acid groups (broad SMARTS) is 2. The Morgan fingerprint density at radius 3 is 1.59 bits per heavy atom. The molecule has 69 heavy (non-hydrogen) atoms. The molecule has 3 rings (SSSR count). The molecule has 0 aromatic heterocycles. The van der Waals surface area contributed by atoms with Crippen LogP contribution in [0.1, 0.15) is 75.2 Å². The van der Waals surface area contributed by atoms with E-state index >= 15 is 0 Å². The Hall–Kier alpha value is -7.88. The van der Waals surface area contributed by atoms with E-state index in [9.17, 15) is 63.3 Å². The number of aryl methyl sites for hydroxylation is 1. The summed E-state index contributed by atoms with van der Waals surface area (Å²) in [7, 11) is 0. The molecule has 6 atom stereocenters. The molecule has 22 nitrogen and oxygen atoms in total. The molecule has 0 saturated carbocycles. The van der Waals surface area contributed by atoms with E-state index in [2.05, 4.69) is 37.2 Å². The first-order valence-corrected chi connectivity index (χ1v) is 22.0. The normalized spacial score (nSPS) is 13.5. The second-order valence-corrected chi connectivity index (χ2v) is 16.5. The van der Waals surface area contributed by atoms with Gasteiger partial charge in [-0.15, -0.1) is 0 Å². The van der Waals surface area contributed by atoms with Crippen molar-refractivity contribution in [2.24, 2.45) is 11.7 Å². The van der Waals surface area contributed by atoms with E-state index in [0.717, 1.165) is 11.1 Å². The number of amides is 8. The molecular formula is C47H60N8O14. The fourth-order valence-corrected chi connectivity index (χ4v) is 6.67. The number of rotatable bonds is 28. The number of nitrogens with two attached hydrogens (primary N) is 1. The maximum atomic E-state index is 13.8. The topological polar surface area (TPSA) is 362 Å². The number of hydrogen-bond acceptors (Lipinski definition) is 12. The molecule has 8 amide bonds. The van der Waals surface area contributed by atoms with Gasteiger partial charge < -0.3 is 63.4 Å². The Balaban J connectivity index is 1.67. The van der Waals surface area contributed by atoms with E-state index in [1.54, 1.807) is 50.2 Å². The van der Waals surface area contributed by atoms with E-state index in [0.29, 0.717) is 5.56 Å².